The molecule has 386 valence electrons. The maximum atomic E-state index is 13.2. The lowest BCUT2D eigenvalue weighted by Gasteiger charge is -2.36. The van der Waals surface area contributed by atoms with Crippen LogP contribution >= 0.6 is 18.7 Å². The number of rotatable bonds is 27. The fraction of sp³-hybridized carbons (Fsp3) is 0.449. The monoisotopic (exact) mass is 1030 g/mol. The first-order valence-electron chi connectivity index (χ1n) is 23.7. The quantitative estimate of drug-likeness (QED) is 0.0365. The molecule has 1 aromatic heterocycles. The van der Waals surface area contributed by atoms with E-state index in [1.54, 1.807) is 38.6 Å². The molecule has 0 spiro atoms. The van der Waals surface area contributed by atoms with Gasteiger partial charge in [0.05, 0.1) is 108 Å². The predicted molar refractivity (Wildman–Crippen MR) is 271 cm³/mol. The fourth-order valence-electron chi connectivity index (χ4n) is 8.23. The second-order valence-corrected chi connectivity index (χ2v) is 20.8. The first-order chi connectivity index (χ1) is 34.8. The highest BCUT2D eigenvalue weighted by Crippen LogP contribution is 2.39. The van der Waals surface area contributed by atoms with Crippen LogP contribution in [-0.2, 0) is 42.6 Å². The number of imide groups is 2. The van der Waals surface area contributed by atoms with E-state index in [9.17, 15) is 28.5 Å². The zero-order valence-corrected chi connectivity index (χ0v) is 42.3. The van der Waals surface area contributed by atoms with Crippen LogP contribution < -0.4 is 36.2 Å². The number of ether oxygens (including phenoxy) is 6. The van der Waals surface area contributed by atoms with Crippen LogP contribution in [-0.4, -0.2) is 175 Å². The largest absolute Gasteiger partial charge is 0.494 e. The molecular formula is C49H61ClN9O12P. The number of fused-ring (bicyclic) bond motifs is 1. The molecule has 3 aromatic carbocycles. The van der Waals surface area contributed by atoms with E-state index < -0.39 is 36.8 Å². The van der Waals surface area contributed by atoms with Crippen LogP contribution in [0.4, 0.5) is 34.5 Å². The molecule has 5 amide bonds. The molecule has 23 heteroatoms. The summed E-state index contributed by atoms with van der Waals surface area (Å²) < 4.78 is 46.6. The number of piperazine rings is 1. The zero-order chi connectivity index (χ0) is 51.0. The minimum Gasteiger partial charge on any atom is -0.494 e. The molecule has 0 saturated carbocycles. The zero-order valence-electron chi connectivity index (χ0n) is 40.6. The first-order valence-corrected chi connectivity index (χ1v) is 26.7. The van der Waals surface area contributed by atoms with Crippen molar-refractivity contribution in [2.45, 2.75) is 25.3 Å². The number of halogens is 1. The van der Waals surface area contributed by atoms with Crippen molar-refractivity contribution in [1.29, 1.82) is 0 Å². The summed E-state index contributed by atoms with van der Waals surface area (Å²) in [5, 5.41) is 12.8. The molecule has 7 rings (SSSR count). The van der Waals surface area contributed by atoms with Gasteiger partial charge in [-0.15, -0.1) is 0 Å². The molecule has 1 atom stereocenters. The third-order valence-electron chi connectivity index (χ3n) is 11.9. The number of nitrogens with zero attached hydrogens (tertiary/aromatic N) is 5. The molecule has 3 aliphatic heterocycles. The van der Waals surface area contributed by atoms with Gasteiger partial charge in [0.25, 0.3) is 11.8 Å². The van der Waals surface area contributed by atoms with Crippen LogP contribution in [0.5, 0.6) is 5.75 Å². The number of methoxy groups -OCH3 is 1. The number of piperidine rings is 1. The van der Waals surface area contributed by atoms with Gasteiger partial charge in [-0.2, -0.15) is 4.98 Å². The van der Waals surface area contributed by atoms with Crippen LogP contribution in [0.1, 0.15) is 40.0 Å². The number of anilines is 6. The average molecular weight is 1030 g/mol. The van der Waals surface area contributed by atoms with Gasteiger partial charge >= 0.3 is 0 Å². The first kappa shape index (κ1) is 53.6. The molecule has 0 bridgehead atoms. The van der Waals surface area contributed by atoms with Crippen LogP contribution in [0, 0.1) is 0 Å². The molecule has 72 heavy (non-hydrogen) atoms. The van der Waals surface area contributed by atoms with Gasteiger partial charge in [0.2, 0.25) is 23.7 Å². The van der Waals surface area contributed by atoms with Gasteiger partial charge in [0.1, 0.15) is 24.0 Å². The normalized spacial score (nSPS) is 15.9. The summed E-state index contributed by atoms with van der Waals surface area (Å²) in [5.41, 5.74) is 3.13. The van der Waals surface area contributed by atoms with Crippen molar-refractivity contribution in [2.75, 3.05) is 140 Å². The van der Waals surface area contributed by atoms with Gasteiger partial charge in [0, 0.05) is 61.9 Å². The lowest BCUT2D eigenvalue weighted by molar-refractivity contribution is -0.136. The van der Waals surface area contributed by atoms with Crippen LogP contribution in [0.3, 0.4) is 0 Å². The summed E-state index contributed by atoms with van der Waals surface area (Å²) in [6.07, 6.45) is 1.92. The smallest absolute Gasteiger partial charge is 0.264 e. The SMILES string of the molecule is COc1cc(N2CCN(C(=O)CCOCCOCCOCCOCCOCCNc3cccc4c3C(=O)N(C3CCC(=O)NC3=O)C4=O)CC2)ccc1Nc1ncc(Cl)c(Nc2ccccc2P(C)(C)=O)n1. The summed E-state index contributed by atoms with van der Waals surface area (Å²) in [4.78, 5) is 77.0. The standard InChI is InChI=1S/C49H61ClN9O12P/c1-66-40-31-33(11-12-36(40)54-49-52-32-35(50)45(56-49)53-37-8-4-5-10-41(37)72(2,3)65)57-17-19-58(20-18-57)43(61)15-21-67-23-25-69-27-29-71-30-28-70-26-24-68-22-16-51-38-9-6-7-34-44(38)48(64)59(47(34)63)39-13-14-42(60)55-46(39)62/h4-12,31-32,39,51H,13-30H2,1-3H3,(H,55,60,62)(H2,52,53,54,56). The third kappa shape index (κ3) is 14.3. The summed E-state index contributed by atoms with van der Waals surface area (Å²) in [6.45, 7) is 9.88. The van der Waals surface area contributed by atoms with Gasteiger partial charge < -0.3 is 58.7 Å². The molecule has 21 nitrogen and oxygen atoms in total. The highest BCUT2D eigenvalue weighted by molar-refractivity contribution is 7.70. The number of carbonyl (C=O) groups excluding carboxylic acids is 5. The second kappa shape index (κ2) is 26.0. The summed E-state index contributed by atoms with van der Waals surface area (Å²) in [5.74, 6) is -0.925. The van der Waals surface area contributed by atoms with E-state index in [2.05, 4.69) is 36.1 Å². The lowest BCUT2D eigenvalue weighted by atomic mass is 10.0. The van der Waals surface area contributed by atoms with E-state index in [1.165, 1.54) is 6.20 Å². The summed E-state index contributed by atoms with van der Waals surface area (Å²) in [6, 6.07) is 17.0. The Morgan fingerprint density at radius 1 is 0.778 bits per heavy atom. The maximum Gasteiger partial charge on any atom is 0.264 e. The number of hydrogen-bond acceptors (Lipinski definition) is 18. The molecule has 2 fully saturated rings. The van der Waals surface area contributed by atoms with E-state index in [4.69, 9.17) is 40.0 Å². The van der Waals surface area contributed by atoms with Crippen molar-refractivity contribution in [3.05, 3.63) is 83.0 Å². The molecule has 4 heterocycles. The Morgan fingerprint density at radius 2 is 1.43 bits per heavy atom. The Kier molecular flexibility index (Phi) is 19.3. The van der Waals surface area contributed by atoms with Crippen molar-refractivity contribution >= 4 is 88.1 Å². The maximum absolute atomic E-state index is 13.2. The van der Waals surface area contributed by atoms with Crippen molar-refractivity contribution in [3.8, 4) is 5.75 Å². The lowest BCUT2D eigenvalue weighted by Crippen LogP contribution is -2.54. The number of para-hydroxylation sites is 1. The number of hydrogen-bond donors (Lipinski definition) is 4. The number of aromatic nitrogens is 2. The van der Waals surface area contributed by atoms with E-state index in [0.29, 0.717) is 144 Å². The highest BCUT2D eigenvalue weighted by atomic mass is 35.5. The molecule has 0 radical (unpaired) electrons. The Hall–Kier alpha value is -6.19. The van der Waals surface area contributed by atoms with Crippen molar-refractivity contribution in [3.63, 3.8) is 0 Å². The van der Waals surface area contributed by atoms with E-state index in [0.717, 1.165) is 10.6 Å². The minimum absolute atomic E-state index is 0.0395. The van der Waals surface area contributed by atoms with Crippen molar-refractivity contribution in [1.82, 2.24) is 25.1 Å². The fourth-order valence-corrected chi connectivity index (χ4v) is 9.52. The van der Waals surface area contributed by atoms with E-state index in [-0.39, 0.29) is 36.3 Å². The molecule has 3 aliphatic rings. The molecule has 4 aromatic rings. The average Bonchev–Trinajstić information content (AvgIpc) is 3.62. The molecule has 2 saturated heterocycles. The topological polar surface area (TPSA) is 241 Å². The minimum atomic E-state index is -2.57. The van der Waals surface area contributed by atoms with Crippen LogP contribution in [0.2, 0.25) is 5.02 Å². The second-order valence-electron chi connectivity index (χ2n) is 17.2. The van der Waals surface area contributed by atoms with Gasteiger partial charge in [-0.25, -0.2) is 4.98 Å². The third-order valence-corrected chi connectivity index (χ3v) is 13.7. The van der Waals surface area contributed by atoms with Gasteiger partial charge in [-0.05, 0) is 56.1 Å². The number of nitrogens with one attached hydrogen (secondary N) is 4. The molecule has 0 aliphatic carbocycles. The van der Waals surface area contributed by atoms with Crippen molar-refractivity contribution < 1.29 is 57.0 Å². The highest BCUT2D eigenvalue weighted by Gasteiger charge is 2.45. The van der Waals surface area contributed by atoms with Gasteiger partial charge in [0.15, 0.2) is 5.82 Å². The van der Waals surface area contributed by atoms with Crippen LogP contribution in [0.25, 0.3) is 0 Å². The Morgan fingerprint density at radius 3 is 2.10 bits per heavy atom. The summed E-state index contributed by atoms with van der Waals surface area (Å²) in [7, 11) is -0.980. The van der Waals surface area contributed by atoms with Crippen LogP contribution in [0.15, 0.2) is 66.9 Å². The number of benzene rings is 3. The number of amides is 5. The number of carbonyl (C=O) groups is 5. The van der Waals surface area contributed by atoms with Gasteiger partial charge in [-0.1, -0.05) is 29.8 Å². The van der Waals surface area contributed by atoms with E-state index >= 15 is 0 Å². The molecule has 1 unspecified atom stereocenters. The molecule has 4 N–H and O–H groups in total. The van der Waals surface area contributed by atoms with Gasteiger partial charge in [-0.3, -0.25) is 34.2 Å². The predicted octanol–water partition coefficient (Wildman–Crippen LogP) is 4.51. The van der Waals surface area contributed by atoms with Crippen molar-refractivity contribution in [2.24, 2.45) is 0 Å². The van der Waals surface area contributed by atoms with E-state index in [1.807, 2.05) is 47.4 Å². The Balaban J connectivity index is 0.687. The Labute approximate surface area is 422 Å². The summed E-state index contributed by atoms with van der Waals surface area (Å²) >= 11 is 6.45. The Bertz CT molecular complexity index is 2610. The molecular weight excluding hydrogens is 973 g/mol.